The minimum absolute atomic E-state index is 0.0310. The Hall–Kier alpha value is -1.67. The molecule has 1 aromatic rings. The van der Waals surface area contributed by atoms with Crippen molar-refractivity contribution >= 4 is 23.6 Å². The van der Waals surface area contributed by atoms with E-state index in [4.69, 9.17) is 0 Å². The van der Waals surface area contributed by atoms with Crippen LogP contribution in [-0.4, -0.2) is 64.0 Å². The number of piperazine rings is 1. The molecule has 2 rings (SSSR count). The third-order valence-corrected chi connectivity index (χ3v) is 5.76. The molecule has 1 aliphatic rings. The Morgan fingerprint density at radius 2 is 1.86 bits per heavy atom. The molecular formula is C20H28F2N2O3S. The van der Waals surface area contributed by atoms with E-state index in [1.165, 1.54) is 23.1 Å². The first-order valence-corrected chi connectivity index (χ1v) is 10.8. The van der Waals surface area contributed by atoms with E-state index in [-0.39, 0.29) is 30.0 Å². The van der Waals surface area contributed by atoms with Gasteiger partial charge in [0.15, 0.2) is 0 Å². The van der Waals surface area contributed by atoms with Crippen molar-refractivity contribution in [3.8, 4) is 0 Å². The zero-order valence-corrected chi connectivity index (χ0v) is 17.5. The number of benzene rings is 1. The Balaban J connectivity index is 2.40. The van der Waals surface area contributed by atoms with Gasteiger partial charge in [0, 0.05) is 36.7 Å². The number of halogens is 2. The fourth-order valence-electron chi connectivity index (χ4n) is 3.81. The van der Waals surface area contributed by atoms with Crippen LogP contribution in [0.1, 0.15) is 38.8 Å². The van der Waals surface area contributed by atoms with E-state index in [1.807, 2.05) is 11.2 Å². The molecule has 5 nitrogen and oxygen atoms in total. The maximum atomic E-state index is 14.5. The highest BCUT2D eigenvalue weighted by molar-refractivity contribution is 7.98. The predicted octanol–water partition coefficient (Wildman–Crippen LogP) is 3.40. The van der Waals surface area contributed by atoms with Crippen LogP contribution in [0, 0.1) is 17.6 Å². The normalized spacial score (nSPS) is 21.8. The third kappa shape index (κ3) is 4.84. The first-order valence-electron chi connectivity index (χ1n) is 9.40. The first kappa shape index (κ1) is 22.6. The number of hydrogen-bond donors (Lipinski definition) is 1. The first-order chi connectivity index (χ1) is 13.2. The minimum atomic E-state index is -1.11. The van der Waals surface area contributed by atoms with Crippen molar-refractivity contribution in [3.63, 3.8) is 0 Å². The second kappa shape index (κ2) is 9.69. The monoisotopic (exact) mass is 414 g/mol. The van der Waals surface area contributed by atoms with E-state index >= 15 is 0 Å². The van der Waals surface area contributed by atoms with E-state index in [0.717, 1.165) is 0 Å². The summed E-state index contributed by atoms with van der Waals surface area (Å²) in [4.78, 5) is 27.7. The fourth-order valence-corrected chi connectivity index (χ4v) is 4.27. The van der Waals surface area contributed by atoms with E-state index in [0.29, 0.717) is 18.7 Å². The van der Waals surface area contributed by atoms with Gasteiger partial charge in [-0.3, -0.25) is 9.69 Å². The van der Waals surface area contributed by atoms with Crippen LogP contribution in [0.25, 0.3) is 0 Å². The Kier molecular flexibility index (Phi) is 7.83. The Morgan fingerprint density at radius 1 is 1.25 bits per heavy atom. The molecule has 1 saturated heterocycles. The molecule has 0 saturated carbocycles. The molecule has 156 valence electrons. The van der Waals surface area contributed by atoms with Gasteiger partial charge < -0.3 is 10.0 Å². The van der Waals surface area contributed by atoms with E-state index in [2.05, 4.69) is 0 Å². The van der Waals surface area contributed by atoms with Crippen molar-refractivity contribution in [3.05, 3.63) is 35.4 Å². The highest BCUT2D eigenvalue weighted by Crippen LogP contribution is 2.33. The van der Waals surface area contributed by atoms with E-state index in [9.17, 15) is 23.5 Å². The van der Waals surface area contributed by atoms with Crippen molar-refractivity contribution < 1.29 is 23.5 Å². The number of rotatable bonds is 7. The summed E-state index contributed by atoms with van der Waals surface area (Å²) in [7, 11) is 0. The Bertz CT molecular complexity index is 696. The van der Waals surface area contributed by atoms with Crippen LogP contribution < -0.4 is 0 Å². The smallest absolute Gasteiger partial charge is 0.327 e. The maximum Gasteiger partial charge on any atom is 0.327 e. The number of carbonyl (C=O) groups excluding carboxylic acids is 1. The molecule has 0 aromatic heterocycles. The summed E-state index contributed by atoms with van der Waals surface area (Å²) in [6.07, 6.45) is 2.40. The second-order valence-corrected chi connectivity index (χ2v) is 8.48. The van der Waals surface area contributed by atoms with E-state index in [1.54, 1.807) is 32.5 Å². The lowest BCUT2D eigenvalue weighted by molar-refractivity contribution is -0.159. The van der Waals surface area contributed by atoms with Gasteiger partial charge in [0.2, 0.25) is 5.91 Å². The molecule has 0 spiro atoms. The molecule has 0 bridgehead atoms. The largest absolute Gasteiger partial charge is 0.480 e. The molecule has 1 fully saturated rings. The Morgan fingerprint density at radius 3 is 2.36 bits per heavy atom. The van der Waals surface area contributed by atoms with Gasteiger partial charge in [-0.1, -0.05) is 19.9 Å². The zero-order valence-electron chi connectivity index (χ0n) is 16.7. The molecule has 0 unspecified atom stereocenters. The number of aliphatic carboxylic acids is 1. The van der Waals surface area contributed by atoms with Crippen molar-refractivity contribution in [2.45, 2.75) is 45.3 Å². The molecule has 1 amide bonds. The molecule has 1 N–H and O–H groups in total. The second-order valence-electron chi connectivity index (χ2n) is 7.49. The zero-order chi connectivity index (χ0) is 21.0. The molecular weight excluding hydrogens is 386 g/mol. The fraction of sp³-hybridized carbons (Fsp3) is 0.600. The van der Waals surface area contributed by atoms with Crippen LogP contribution in [0.5, 0.6) is 0 Å². The summed E-state index contributed by atoms with van der Waals surface area (Å²) in [5.41, 5.74) is -0.0310. The molecule has 1 aromatic carbocycles. The maximum absolute atomic E-state index is 14.5. The number of nitrogens with zero attached hydrogens (tertiary/aromatic N) is 2. The lowest BCUT2D eigenvalue weighted by atomic mass is 9.96. The SMILES string of the molecule is CSCC[C@H](c1c(F)cccc1F)N1C[C@@H](C)N(C(=O)C(C)C)[C@@H](C(=O)O)C1. The molecule has 0 aliphatic carbocycles. The summed E-state index contributed by atoms with van der Waals surface area (Å²) < 4.78 is 29.0. The Labute approximate surface area is 169 Å². The van der Waals surface area contributed by atoms with Gasteiger partial charge in [0.1, 0.15) is 17.7 Å². The number of hydrogen-bond acceptors (Lipinski definition) is 4. The molecule has 28 heavy (non-hydrogen) atoms. The van der Waals surface area contributed by atoms with Gasteiger partial charge in [-0.15, -0.1) is 0 Å². The van der Waals surface area contributed by atoms with Crippen LogP contribution in [0.4, 0.5) is 8.78 Å². The highest BCUT2D eigenvalue weighted by atomic mass is 32.2. The van der Waals surface area contributed by atoms with Crippen molar-refractivity contribution in [1.29, 1.82) is 0 Å². The topological polar surface area (TPSA) is 60.9 Å². The van der Waals surface area contributed by atoms with Gasteiger partial charge >= 0.3 is 5.97 Å². The lowest BCUT2D eigenvalue weighted by Gasteiger charge is -2.47. The van der Waals surface area contributed by atoms with Gasteiger partial charge in [-0.2, -0.15) is 11.8 Å². The number of carboxylic acids is 1. The highest BCUT2D eigenvalue weighted by Gasteiger charge is 2.42. The summed E-state index contributed by atoms with van der Waals surface area (Å²) in [6, 6.07) is 1.75. The molecule has 1 heterocycles. The average Bonchev–Trinajstić information content (AvgIpc) is 2.62. The van der Waals surface area contributed by atoms with Crippen molar-refractivity contribution in [1.82, 2.24) is 9.80 Å². The van der Waals surface area contributed by atoms with Gasteiger partial charge in [0.05, 0.1) is 0 Å². The van der Waals surface area contributed by atoms with Crippen molar-refractivity contribution in [2.75, 3.05) is 25.1 Å². The average molecular weight is 415 g/mol. The number of carbonyl (C=O) groups is 2. The van der Waals surface area contributed by atoms with Crippen LogP contribution in [-0.2, 0) is 9.59 Å². The van der Waals surface area contributed by atoms with Gasteiger partial charge in [0.25, 0.3) is 0 Å². The third-order valence-electron chi connectivity index (χ3n) is 5.12. The molecule has 1 aliphatic heterocycles. The summed E-state index contributed by atoms with van der Waals surface area (Å²) in [5.74, 6) is -2.25. The number of amides is 1. The minimum Gasteiger partial charge on any atom is -0.480 e. The number of carboxylic acid groups (broad SMARTS) is 1. The number of thioether (sulfide) groups is 1. The van der Waals surface area contributed by atoms with Crippen LogP contribution in [0.3, 0.4) is 0 Å². The predicted molar refractivity (Wildman–Crippen MR) is 106 cm³/mol. The van der Waals surface area contributed by atoms with Crippen molar-refractivity contribution in [2.24, 2.45) is 5.92 Å². The van der Waals surface area contributed by atoms with Gasteiger partial charge in [-0.25, -0.2) is 13.6 Å². The summed E-state index contributed by atoms with van der Waals surface area (Å²) in [6.45, 7) is 5.64. The molecule has 8 heteroatoms. The standard InChI is InChI=1S/C20H28F2N2O3S/c1-12(2)19(25)24-13(3)10-23(11-17(24)20(26)27)16(8-9-28-4)18-14(21)6-5-7-15(18)22/h5-7,12-13,16-17H,8-11H2,1-4H3,(H,26,27)/t13-,16-,17-/m1/s1. The summed E-state index contributed by atoms with van der Waals surface area (Å²) >= 11 is 1.57. The molecule has 3 atom stereocenters. The van der Waals surface area contributed by atoms with Gasteiger partial charge in [-0.05, 0) is 37.5 Å². The lowest BCUT2D eigenvalue weighted by Crippen LogP contribution is -2.63. The van der Waals surface area contributed by atoms with E-state index < -0.39 is 29.7 Å². The molecule has 0 radical (unpaired) electrons. The quantitative estimate of drug-likeness (QED) is 0.741. The van der Waals surface area contributed by atoms with Crippen LogP contribution >= 0.6 is 11.8 Å². The van der Waals surface area contributed by atoms with Crippen LogP contribution in [0.15, 0.2) is 18.2 Å². The van der Waals surface area contributed by atoms with Crippen LogP contribution in [0.2, 0.25) is 0 Å². The summed E-state index contributed by atoms with van der Waals surface area (Å²) in [5, 5.41) is 9.74.